The summed E-state index contributed by atoms with van der Waals surface area (Å²) in [4.78, 5) is 26.3. The standard InChI is InChI=1S/C21H22Cl2N2O5S/c1-14-6-7-18(15(2)12-14)31(28,29)25-10-8-24(9-11-25)19(26)13-30-21(27)16-4-3-5-17(22)20(16)23/h3-7,12H,8-11,13H2,1-2H3. The summed E-state index contributed by atoms with van der Waals surface area (Å²) in [6.07, 6.45) is 0. The molecule has 0 radical (unpaired) electrons. The Bertz CT molecular complexity index is 1110. The Labute approximate surface area is 191 Å². The molecule has 0 aliphatic carbocycles. The van der Waals surface area contributed by atoms with Crippen molar-refractivity contribution in [2.45, 2.75) is 18.7 Å². The van der Waals surface area contributed by atoms with E-state index in [0.717, 1.165) is 5.56 Å². The van der Waals surface area contributed by atoms with Gasteiger partial charge in [-0.1, -0.05) is 47.0 Å². The van der Waals surface area contributed by atoms with Crippen molar-refractivity contribution in [3.05, 3.63) is 63.1 Å². The highest BCUT2D eigenvalue weighted by atomic mass is 35.5. The van der Waals surface area contributed by atoms with Crippen LogP contribution in [0.25, 0.3) is 0 Å². The molecule has 0 atom stereocenters. The number of esters is 1. The quantitative estimate of drug-likeness (QED) is 0.607. The molecule has 31 heavy (non-hydrogen) atoms. The minimum absolute atomic E-state index is 0.0619. The molecule has 1 heterocycles. The Morgan fingerprint density at radius 1 is 1.03 bits per heavy atom. The molecule has 2 aromatic carbocycles. The van der Waals surface area contributed by atoms with Crippen LogP contribution in [0.3, 0.4) is 0 Å². The van der Waals surface area contributed by atoms with Crippen LogP contribution in [0, 0.1) is 13.8 Å². The van der Waals surface area contributed by atoms with Gasteiger partial charge in [-0.25, -0.2) is 13.2 Å². The molecule has 0 bridgehead atoms. The number of rotatable bonds is 5. The van der Waals surface area contributed by atoms with Crippen LogP contribution in [-0.2, 0) is 19.6 Å². The maximum Gasteiger partial charge on any atom is 0.340 e. The van der Waals surface area contributed by atoms with Crippen LogP contribution < -0.4 is 0 Å². The summed E-state index contributed by atoms with van der Waals surface area (Å²) in [5.74, 6) is -1.16. The normalized spacial score (nSPS) is 15.0. The Kier molecular flexibility index (Phi) is 7.26. The molecule has 1 amide bonds. The topological polar surface area (TPSA) is 84.0 Å². The van der Waals surface area contributed by atoms with E-state index in [0.29, 0.717) is 5.56 Å². The van der Waals surface area contributed by atoms with E-state index in [1.807, 2.05) is 13.0 Å². The van der Waals surface area contributed by atoms with E-state index in [-0.39, 0.29) is 46.7 Å². The fourth-order valence-electron chi connectivity index (χ4n) is 3.36. The lowest BCUT2D eigenvalue weighted by Crippen LogP contribution is -2.51. The number of carbonyl (C=O) groups excluding carboxylic acids is 2. The summed E-state index contributed by atoms with van der Waals surface area (Å²) in [7, 11) is -3.65. The van der Waals surface area contributed by atoms with Crippen LogP contribution in [0.15, 0.2) is 41.3 Å². The van der Waals surface area contributed by atoms with E-state index >= 15 is 0 Å². The molecule has 0 aromatic heterocycles. The molecule has 1 fully saturated rings. The number of hydrogen-bond donors (Lipinski definition) is 0. The van der Waals surface area contributed by atoms with E-state index in [1.54, 1.807) is 25.1 Å². The van der Waals surface area contributed by atoms with Crippen molar-refractivity contribution in [3.63, 3.8) is 0 Å². The lowest BCUT2D eigenvalue weighted by atomic mass is 10.2. The van der Waals surface area contributed by atoms with Gasteiger partial charge in [0.1, 0.15) is 0 Å². The molecule has 7 nitrogen and oxygen atoms in total. The van der Waals surface area contributed by atoms with E-state index < -0.39 is 28.5 Å². The number of sulfonamides is 1. The first-order chi connectivity index (χ1) is 14.6. The molecular weight excluding hydrogens is 463 g/mol. The Balaban J connectivity index is 1.57. The zero-order chi connectivity index (χ0) is 22.8. The second-order valence-corrected chi connectivity index (χ2v) is 9.92. The summed E-state index contributed by atoms with van der Waals surface area (Å²) in [5, 5.41) is 0.274. The number of hydrogen-bond acceptors (Lipinski definition) is 5. The van der Waals surface area contributed by atoms with Crippen molar-refractivity contribution < 1.29 is 22.7 Å². The summed E-state index contributed by atoms with van der Waals surface area (Å²) in [6, 6.07) is 9.75. The van der Waals surface area contributed by atoms with Crippen molar-refractivity contribution in [1.82, 2.24) is 9.21 Å². The van der Waals surface area contributed by atoms with E-state index in [4.69, 9.17) is 27.9 Å². The molecule has 1 saturated heterocycles. The van der Waals surface area contributed by atoms with Crippen LogP contribution in [0.2, 0.25) is 10.0 Å². The van der Waals surface area contributed by atoms with Crippen molar-refractivity contribution in [2.75, 3.05) is 32.8 Å². The van der Waals surface area contributed by atoms with Gasteiger partial charge in [0.15, 0.2) is 6.61 Å². The van der Waals surface area contributed by atoms with Crippen molar-refractivity contribution >= 4 is 45.1 Å². The third-order valence-corrected chi connectivity index (χ3v) is 7.92. The van der Waals surface area contributed by atoms with Crippen LogP contribution in [0.4, 0.5) is 0 Å². The van der Waals surface area contributed by atoms with Gasteiger partial charge in [0.25, 0.3) is 5.91 Å². The van der Waals surface area contributed by atoms with Gasteiger partial charge < -0.3 is 9.64 Å². The maximum absolute atomic E-state index is 13.0. The zero-order valence-electron chi connectivity index (χ0n) is 17.1. The predicted molar refractivity (Wildman–Crippen MR) is 118 cm³/mol. The monoisotopic (exact) mass is 484 g/mol. The number of nitrogens with zero attached hydrogens (tertiary/aromatic N) is 2. The molecule has 1 aliphatic rings. The third-order valence-electron chi connectivity index (χ3n) is 5.04. The first-order valence-electron chi connectivity index (χ1n) is 9.57. The fourth-order valence-corrected chi connectivity index (χ4v) is 5.37. The van der Waals surface area contributed by atoms with Gasteiger partial charge in [0.2, 0.25) is 10.0 Å². The molecule has 10 heteroatoms. The fraction of sp³-hybridized carbons (Fsp3) is 0.333. The van der Waals surface area contributed by atoms with Gasteiger partial charge >= 0.3 is 5.97 Å². The summed E-state index contributed by atoms with van der Waals surface area (Å²) in [5.41, 5.74) is 1.75. The minimum atomic E-state index is -3.65. The van der Waals surface area contributed by atoms with E-state index in [1.165, 1.54) is 21.3 Å². The van der Waals surface area contributed by atoms with Crippen molar-refractivity contribution in [1.29, 1.82) is 0 Å². The lowest BCUT2D eigenvalue weighted by molar-refractivity contribution is -0.135. The average molecular weight is 485 g/mol. The minimum Gasteiger partial charge on any atom is -0.452 e. The van der Waals surface area contributed by atoms with E-state index in [9.17, 15) is 18.0 Å². The maximum atomic E-state index is 13.0. The van der Waals surface area contributed by atoms with Gasteiger partial charge in [-0.2, -0.15) is 4.31 Å². The van der Waals surface area contributed by atoms with Gasteiger partial charge in [-0.05, 0) is 37.6 Å². The molecule has 0 saturated carbocycles. The Morgan fingerprint density at radius 3 is 2.35 bits per heavy atom. The molecule has 0 spiro atoms. The summed E-state index contributed by atoms with van der Waals surface area (Å²) < 4.78 is 32.3. The number of ether oxygens (including phenoxy) is 1. The third kappa shape index (κ3) is 5.20. The zero-order valence-corrected chi connectivity index (χ0v) is 19.4. The van der Waals surface area contributed by atoms with E-state index in [2.05, 4.69) is 0 Å². The lowest BCUT2D eigenvalue weighted by Gasteiger charge is -2.34. The molecule has 3 rings (SSSR count). The molecular formula is C21H22Cl2N2O5S. The van der Waals surface area contributed by atoms with Crippen LogP contribution >= 0.6 is 23.2 Å². The molecule has 0 N–H and O–H groups in total. The van der Waals surface area contributed by atoms with Gasteiger partial charge in [-0.3, -0.25) is 4.79 Å². The molecule has 2 aromatic rings. The Morgan fingerprint density at radius 2 is 1.71 bits per heavy atom. The number of aryl methyl sites for hydroxylation is 2. The summed E-state index contributed by atoms with van der Waals surface area (Å²) >= 11 is 11.9. The number of piperazine rings is 1. The van der Waals surface area contributed by atoms with Crippen LogP contribution in [0.5, 0.6) is 0 Å². The number of halogens is 2. The van der Waals surface area contributed by atoms with Crippen molar-refractivity contribution in [2.24, 2.45) is 0 Å². The summed E-state index contributed by atoms with van der Waals surface area (Å²) in [6.45, 7) is 3.94. The second-order valence-electron chi connectivity index (χ2n) is 7.23. The molecule has 0 unspecified atom stereocenters. The SMILES string of the molecule is Cc1ccc(S(=O)(=O)N2CCN(C(=O)COC(=O)c3cccc(Cl)c3Cl)CC2)c(C)c1. The smallest absolute Gasteiger partial charge is 0.340 e. The highest BCUT2D eigenvalue weighted by Gasteiger charge is 2.31. The molecule has 1 aliphatic heterocycles. The average Bonchev–Trinajstić information content (AvgIpc) is 2.73. The first kappa shape index (κ1) is 23.5. The van der Waals surface area contributed by atoms with Crippen LogP contribution in [-0.4, -0.2) is 62.3 Å². The van der Waals surface area contributed by atoms with Gasteiger partial charge in [0.05, 0.1) is 20.5 Å². The van der Waals surface area contributed by atoms with Gasteiger partial charge in [0, 0.05) is 26.2 Å². The predicted octanol–water partition coefficient (Wildman–Crippen LogP) is 3.30. The van der Waals surface area contributed by atoms with Gasteiger partial charge in [-0.15, -0.1) is 0 Å². The van der Waals surface area contributed by atoms with Crippen molar-refractivity contribution in [3.8, 4) is 0 Å². The number of amides is 1. The molecule has 166 valence electrons. The largest absolute Gasteiger partial charge is 0.452 e. The first-order valence-corrected chi connectivity index (χ1v) is 11.8. The van der Waals surface area contributed by atoms with Crippen LogP contribution in [0.1, 0.15) is 21.5 Å². The highest BCUT2D eigenvalue weighted by Crippen LogP contribution is 2.26. The number of carbonyl (C=O) groups is 2. The second kappa shape index (κ2) is 9.56. The number of benzene rings is 2. The Hall–Kier alpha value is -2.13. The highest BCUT2D eigenvalue weighted by molar-refractivity contribution is 7.89.